The smallest absolute Gasteiger partial charge is 0.234 e. The standard InChI is InChI=1S/C18H35N2/c1-4-7-10-11-12-13-18-19(14-8-5-2)16-17-20(18)15-9-6-3/h16-17H,4-15H2,1-3H3/q+1. The number of aryl methyl sites for hydroxylation is 2. The largest absolute Gasteiger partial charge is 0.256 e. The van der Waals surface area contributed by atoms with Gasteiger partial charge in [-0.3, -0.25) is 0 Å². The molecule has 0 aromatic carbocycles. The van der Waals surface area contributed by atoms with Crippen molar-refractivity contribution in [1.82, 2.24) is 4.57 Å². The number of nitrogens with zero attached hydrogens (tertiary/aromatic N) is 2. The van der Waals surface area contributed by atoms with Gasteiger partial charge < -0.3 is 0 Å². The van der Waals surface area contributed by atoms with Crippen LogP contribution in [0.15, 0.2) is 12.4 Å². The lowest BCUT2D eigenvalue weighted by atomic mass is 10.1. The highest BCUT2D eigenvalue weighted by molar-refractivity contribution is 4.84. The van der Waals surface area contributed by atoms with Crippen LogP contribution >= 0.6 is 0 Å². The molecule has 1 aromatic heterocycles. The first-order valence-electron chi connectivity index (χ1n) is 8.90. The molecule has 0 saturated carbocycles. The number of rotatable bonds is 12. The molecule has 0 fully saturated rings. The minimum Gasteiger partial charge on any atom is -0.234 e. The van der Waals surface area contributed by atoms with Crippen LogP contribution in [0.2, 0.25) is 0 Å². The average molecular weight is 279 g/mol. The summed E-state index contributed by atoms with van der Waals surface area (Å²) in [6, 6.07) is 0. The van der Waals surface area contributed by atoms with E-state index in [1.54, 1.807) is 5.82 Å². The second-order valence-corrected chi connectivity index (χ2v) is 5.97. The van der Waals surface area contributed by atoms with Gasteiger partial charge in [0.15, 0.2) is 0 Å². The van der Waals surface area contributed by atoms with Crippen LogP contribution in [0.4, 0.5) is 0 Å². The third-order valence-electron chi connectivity index (χ3n) is 4.10. The molecular weight excluding hydrogens is 244 g/mol. The van der Waals surface area contributed by atoms with Crippen LogP contribution in [0.5, 0.6) is 0 Å². The molecule has 0 bridgehead atoms. The lowest BCUT2D eigenvalue weighted by Gasteiger charge is -2.05. The van der Waals surface area contributed by atoms with Gasteiger partial charge in [-0.15, -0.1) is 0 Å². The van der Waals surface area contributed by atoms with Gasteiger partial charge in [-0.25, -0.2) is 9.13 Å². The molecule has 1 rings (SSSR count). The Morgan fingerprint density at radius 2 is 1.55 bits per heavy atom. The summed E-state index contributed by atoms with van der Waals surface area (Å²) >= 11 is 0. The Bertz CT molecular complexity index is 316. The number of hydrogen-bond donors (Lipinski definition) is 0. The molecule has 2 nitrogen and oxygen atoms in total. The second kappa shape index (κ2) is 10.9. The summed E-state index contributed by atoms with van der Waals surface area (Å²) in [5.74, 6) is 1.56. The summed E-state index contributed by atoms with van der Waals surface area (Å²) < 4.78 is 5.00. The van der Waals surface area contributed by atoms with Crippen LogP contribution < -0.4 is 4.57 Å². The van der Waals surface area contributed by atoms with Crippen molar-refractivity contribution in [2.45, 2.75) is 98.1 Å². The fourth-order valence-corrected chi connectivity index (χ4v) is 2.74. The molecule has 0 unspecified atom stereocenters. The average Bonchev–Trinajstić information content (AvgIpc) is 2.85. The molecule has 0 aliphatic heterocycles. The Morgan fingerprint density at radius 1 is 0.850 bits per heavy atom. The maximum Gasteiger partial charge on any atom is 0.256 e. The third kappa shape index (κ3) is 6.11. The molecular formula is C18H35N2+. The Kier molecular flexibility index (Phi) is 9.44. The molecule has 0 saturated heterocycles. The highest BCUT2D eigenvalue weighted by Crippen LogP contribution is 2.08. The van der Waals surface area contributed by atoms with Crippen molar-refractivity contribution in [3.63, 3.8) is 0 Å². The zero-order valence-electron chi connectivity index (χ0n) is 14.0. The molecule has 0 atom stereocenters. The van der Waals surface area contributed by atoms with E-state index in [2.05, 4.69) is 42.3 Å². The molecule has 1 heterocycles. The van der Waals surface area contributed by atoms with E-state index in [-0.39, 0.29) is 0 Å². The van der Waals surface area contributed by atoms with Crippen LogP contribution in [0, 0.1) is 0 Å². The maximum absolute atomic E-state index is 2.50. The highest BCUT2D eigenvalue weighted by atomic mass is 15.1. The predicted molar refractivity (Wildman–Crippen MR) is 86.9 cm³/mol. The van der Waals surface area contributed by atoms with Gasteiger partial charge in [0.2, 0.25) is 0 Å². The fourth-order valence-electron chi connectivity index (χ4n) is 2.74. The summed E-state index contributed by atoms with van der Waals surface area (Å²) in [6.45, 7) is 9.23. The molecule has 20 heavy (non-hydrogen) atoms. The number of imidazole rings is 1. The summed E-state index contributed by atoms with van der Waals surface area (Å²) in [7, 11) is 0. The van der Waals surface area contributed by atoms with E-state index in [9.17, 15) is 0 Å². The van der Waals surface area contributed by atoms with E-state index in [1.165, 1.54) is 77.3 Å². The van der Waals surface area contributed by atoms with E-state index in [0.717, 1.165) is 0 Å². The van der Waals surface area contributed by atoms with Crippen molar-refractivity contribution in [2.75, 3.05) is 0 Å². The van der Waals surface area contributed by atoms with Gasteiger partial charge in [-0.1, -0.05) is 59.3 Å². The van der Waals surface area contributed by atoms with Gasteiger partial charge in [0.25, 0.3) is 5.82 Å². The quantitative estimate of drug-likeness (QED) is 0.380. The number of aromatic nitrogens is 2. The highest BCUT2D eigenvalue weighted by Gasteiger charge is 2.15. The van der Waals surface area contributed by atoms with Crippen molar-refractivity contribution in [3.8, 4) is 0 Å². The minimum absolute atomic E-state index is 1.19. The lowest BCUT2D eigenvalue weighted by Crippen LogP contribution is -2.37. The molecule has 2 heteroatoms. The van der Waals surface area contributed by atoms with Crippen LogP contribution in [0.1, 0.15) is 84.4 Å². The van der Waals surface area contributed by atoms with Gasteiger partial charge >= 0.3 is 0 Å². The molecule has 0 aliphatic rings. The SMILES string of the molecule is CCCCCCCc1n(CCCC)cc[n+]1CCCC. The van der Waals surface area contributed by atoms with Crippen molar-refractivity contribution >= 4 is 0 Å². The maximum atomic E-state index is 2.50. The first kappa shape index (κ1) is 17.3. The Hall–Kier alpha value is -0.790. The summed E-state index contributed by atoms with van der Waals surface area (Å²) in [4.78, 5) is 0. The van der Waals surface area contributed by atoms with Crippen molar-refractivity contribution in [2.24, 2.45) is 0 Å². The minimum atomic E-state index is 1.19. The topological polar surface area (TPSA) is 8.81 Å². The van der Waals surface area contributed by atoms with Gasteiger partial charge in [0.05, 0.1) is 13.1 Å². The lowest BCUT2D eigenvalue weighted by molar-refractivity contribution is -0.704. The van der Waals surface area contributed by atoms with E-state index < -0.39 is 0 Å². The summed E-state index contributed by atoms with van der Waals surface area (Å²) in [5, 5.41) is 0. The van der Waals surface area contributed by atoms with Gasteiger partial charge in [0, 0.05) is 6.42 Å². The summed E-state index contributed by atoms with van der Waals surface area (Å²) in [5.41, 5.74) is 0. The van der Waals surface area contributed by atoms with Crippen LogP contribution in [0.3, 0.4) is 0 Å². The number of hydrogen-bond acceptors (Lipinski definition) is 0. The molecule has 0 aliphatic carbocycles. The van der Waals surface area contributed by atoms with Gasteiger partial charge in [-0.05, 0) is 19.3 Å². The van der Waals surface area contributed by atoms with Gasteiger partial charge in [-0.2, -0.15) is 0 Å². The predicted octanol–water partition coefficient (Wildman–Crippen LogP) is 4.89. The first-order valence-corrected chi connectivity index (χ1v) is 8.90. The van der Waals surface area contributed by atoms with E-state index in [4.69, 9.17) is 0 Å². The Balaban J connectivity index is 2.54. The van der Waals surface area contributed by atoms with E-state index >= 15 is 0 Å². The Labute approximate surface area is 126 Å². The van der Waals surface area contributed by atoms with Crippen molar-refractivity contribution in [3.05, 3.63) is 18.2 Å². The van der Waals surface area contributed by atoms with E-state index in [0.29, 0.717) is 0 Å². The van der Waals surface area contributed by atoms with Crippen LogP contribution in [-0.4, -0.2) is 4.57 Å². The third-order valence-corrected chi connectivity index (χ3v) is 4.10. The molecule has 0 amide bonds. The van der Waals surface area contributed by atoms with Crippen molar-refractivity contribution < 1.29 is 4.57 Å². The van der Waals surface area contributed by atoms with Crippen LogP contribution in [-0.2, 0) is 19.5 Å². The van der Waals surface area contributed by atoms with E-state index in [1.807, 2.05) is 0 Å². The van der Waals surface area contributed by atoms with Crippen molar-refractivity contribution in [1.29, 1.82) is 0 Å². The van der Waals surface area contributed by atoms with Crippen LogP contribution in [0.25, 0.3) is 0 Å². The molecule has 0 N–H and O–H groups in total. The Morgan fingerprint density at radius 3 is 2.25 bits per heavy atom. The fraction of sp³-hybridized carbons (Fsp3) is 0.833. The zero-order chi connectivity index (χ0) is 14.6. The first-order chi connectivity index (χ1) is 9.83. The normalized spacial score (nSPS) is 11.2. The van der Waals surface area contributed by atoms with Gasteiger partial charge in [0.1, 0.15) is 12.4 Å². The molecule has 1 aromatic rings. The molecule has 0 spiro atoms. The molecule has 0 radical (unpaired) electrons. The second-order valence-electron chi connectivity index (χ2n) is 5.97. The number of unbranched alkanes of at least 4 members (excludes halogenated alkanes) is 6. The zero-order valence-corrected chi connectivity index (χ0v) is 14.0. The summed E-state index contributed by atoms with van der Waals surface area (Å²) in [6.07, 6.45) is 17.9. The monoisotopic (exact) mass is 279 g/mol. The molecule has 116 valence electrons.